The highest BCUT2D eigenvalue weighted by Gasteiger charge is 2.33. The molecule has 31 heavy (non-hydrogen) atoms. The normalized spacial score (nSPS) is 21.8. The van der Waals surface area contributed by atoms with Crippen LogP contribution in [-0.2, 0) is 11.3 Å². The molecular formula is C23H28FN5O2. The van der Waals surface area contributed by atoms with Crippen molar-refractivity contribution in [2.24, 2.45) is 5.92 Å². The largest absolute Gasteiger partial charge is 0.352 e. The SMILES string of the molecule is CN1CCN(C(=O)c2ccc(CNC(=O)C3CNNC3c3ccc(F)cc3)cc2)CC1. The van der Waals surface area contributed by atoms with Crippen LogP contribution in [0.15, 0.2) is 48.5 Å². The minimum Gasteiger partial charge on any atom is -0.352 e. The van der Waals surface area contributed by atoms with Crippen LogP contribution < -0.4 is 16.2 Å². The number of rotatable bonds is 5. The number of benzene rings is 2. The monoisotopic (exact) mass is 425 g/mol. The molecule has 0 radical (unpaired) electrons. The van der Waals surface area contributed by atoms with E-state index < -0.39 is 0 Å². The minimum absolute atomic E-state index is 0.0499. The highest BCUT2D eigenvalue weighted by Crippen LogP contribution is 2.25. The predicted molar refractivity (Wildman–Crippen MR) is 115 cm³/mol. The summed E-state index contributed by atoms with van der Waals surface area (Å²) >= 11 is 0. The summed E-state index contributed by atoms with van der Waals surface area (Å²) in [4.78, 5) is 29.5. The Balaban J connectivity index is 1.32. The zero-order chi connectivity index (χ0) is 21.8. The summed E-state index contributed by atoms with van der Waals surface area (Å²) in [5.41, 5.74) is 8.57. The number of nitrogens with zero attached hydrogens (tertiary/aromatic N) is 2. The molecular weight excluding hydrogens is 397 g/mol. The number of hydrogen-bond acceptors (Lipinski definition) is 5. The molecule has 0 aromatic heterocycles. The maximum Gasteiger partial charge on any atom is 0.253 e. The van der Waals surface area contributed by atoms with E-state index in [0.717, 1.165) is 37.3 Å². The molecule has 4 rings (SSSR count). The smallest absolute Gasteiger partial charge is 0.253 e. The van der Waals surface area contributed by atoms with Crippen LogP contribution in [0.4, 0.5) is 4.39 Å². The van der Waals surface area contributed by atoms with Crippen molar-refractivity contribution in [3.8, 4) is 0 Å². The molecule has 2 aromatic rings. The van der Waals surface area contributed by atoms with Crippen LogP contribution in [0.2, 0.25) is 0 Å². The van der Waals surface area contributed by atoms with Crippen LogP contribution in [0.25, 0.3) is 0 Å². The van der Waals surface area contributed by atoms with Gasteiger partial charge < -0.3 is 15.1 Å². The van der Waals surface area contributed by atoms with Gasteiger partial charge in [0, 0.05) is 44.8 Å². The Morgan fingerprint density at radius 2 is 1.71 bits per heavy atom. The first kappa shape index (κ1) is 21.4. The van der Waals surface area contributed by atoms with E-state index in [1.165, 1.54) is 12.1 Å². The molecule has 8 heteroatoms. The molecule has 2 unspecified atom stereocenters. The summed E-state index contributed by atoms with van der Waals surface area (Å²) in [7, 11) is 2.06. The van der Waals surface area contributed by atoms with Crippen molar-refractivity contribution in [3.05, 3.63) is 71.0 Å². The molecule has 0 saturated carbocycles. The second-order valence-electron chi connectivity index (χ2n) is 8.17. The van der Waals surface area contributed by atoms with Gasteiger partial charge in [0.25, 0.3) is 5.91 Å². The zero-order valence-corrected chi connectivity index (χ0v) is 17.6. The molecule has 0 spiro atoms. The summed E-state index contributed by atoms with van der Waals surface area (Å²) in [5.74, 6) is -0.632. The van der Waals surface area contributed by atoms with E-state index in [4.69, 9.17) is 0 Å². The van der Waals surface area contributed by atoms with Crippen LogP contribution in [0.3, 0.4) is 0 Å². The van der Waals surface area contributed by atoms with Crippen LogP contribution in [0.5, 0.6) is 0 Å². The second kappa shape index (κ2) is 9.55. The molecule has 3 N–H and O–H groups in total. The van der Waals surface area contributed by atoms with Crippen LogP contribution >= 0.6 is 0 Å². The maximum absolute atomic E-state index is 13.2. The number of carbonyl (C=O) groups is 2. The van der Waals surface area contributed by atoms with Gasteiger partial charge in [-0.15, -0.1) is 0 Å². The Hall–Kier alpha value is -2.81. The van der Waals surface area contributed by atoms with Crippen molar-refractivity contribution in [2.75, 3.05) is 39.8 Å². The van der Waals surface area contributed by atoms with E-state index in [9.17, 15) is 14.0 Å². The van der Waals surface area contributed by atoms with Gasteiger partial charge in [-0.25, -0.2) is 9.82 Å². The lowest BCUT2D eigenvalue weighted by Crippen LogP contribution is -2.47. The Kier molecular flexibility index (Phi) is 6.60. The molecule has 2 atom stereocenters. The van der Waals surface area contributed by atoms with E-state index in [1.807, 2.05) is 29.2 Å². The van der Waals surface area contributed by atoms with Gasteiger partial charge >= 0.3 is 0 Å². The number of hydrogen-bond donors (Lipinski definition) is 3. The van der Waals surface area contributed by atoms with Crippen molar-refractivity contribution < 1.29 is 14.0 Å². The number of nitrogens with one attached hydrogen (secondary N) is 3. The topological polar surface area (TPSA) is 76.7 Å². The standard InChI is InChI=1S/C23H28FN5O2/c1-28-10-12-29(13-11-28)23(31)18-4-2-16(3-5-18)14-25-22(30)20-15-26-27-21(20)17-6-8-19(24)9-7-17/h2-9,20-21,26-27H,10-15H2,1H3,(H,25,30). The van der Waals surface area contributed by atoms with Gasteiger partial charge in [0.05, 0.1) is 12.0 Å². The maximum atomic E-state index is 13.2. The lowest BCUT2D eigenvalue weighted by molar-refractivity contribution is -0.125. The van der Waals surface area contributed by atoms with Gasteiger partial charge in [0.15, 0.2) is 0 Å². The van der Waals surface area contributed by atoms with Crippen molar-refractivity contribution in [2.45, 2.75) is 12.6 Å². The molecule has 0 bridgehead atoms. The Labute approximate surface area is 181 Å². The Bertz CT molecular complexity index is 911. The number of piperazine rings is 1. The van der Waals surface area contributed by atoms with Gasteiger partial charge in [-0.05, 0) is 42.4 Å². The fourth-order valence-electron chi connectivity index (χ4n) is 4.00. The first-order chi connectivity index (χ1) is 15.0. The van der Waals surface area contributed by atoms with Crippen LogP contribution in [0.1, 0.15) is 27.5 Å². The van der Waals surface area contributed by atoms with Gasteiger partial charge in [-0.1, -0.05) is 24.3 Å². The summed E-state index contributed by atoms with van der Waals surface area (Å²) in [6.45, 7) is 4.14. The number of halogens is 1. The fourth-order valence-corrected chi connectivity index (χ4v) is 4.00. The average Bonchev–Trinajstić information content (AvgIpc) is 3.28. The van der Waals surface area contributed by atoms with E-state index in [2.05, 4.69) is 28.1 Å². The van der Waals surface area contributed by atoms with E-state index in [1.54, 1.807) is 12.1 Å². The lowest BCUT2D eigenvalue weighted by Gasteiger charge is -2.32. The van der Waals surface area contributed by atoms with E-state index in [-0.39, 0.29) is 29.6 Å². The quantitative estimate of drug-likeness (QED) is 0.673. The molecule has 2 saturated heterocycles. The van der Waals surface area contributed by atoms with Crippen LogP contribution in [0, 0.1) is 11.7 Å². The zero-order valence-electron chi connectivity index (χ0n) is 17.6. The number of amides is 2. The summed E-state index contributed by atoms with van der Waals surface area (Å²) in [6, 6.07) is 13.4. The van der Waals surface area contributed by atoms with Crippen LogP contribution in [-0.4, -0.2) is 61.4 Å². The second-order valence-corrected chi connectivity index (χ2v) is 8.17. The Morgan fingerprint density at radius 3 is 2.39 bits per heavy atom. The van der Waals surface area contributed by atoms with Gasteiger partial charge in [-0.3, -0.25) is 15.0 Å². The van der Waals surface area contributed by atoms with Crippen molar-refractivity contribution in [1.29, 1.82) is 0 Å². The molecule has 2 amide bonds. The number of likely N-dealkylation sites (N-methyl/N-ethyl adjacent to an activating group) is 1. The Morgan fingerprint density at radius 1 is 1.03 bits per heavy atom. The third-order valence-corrected chi connectivity index (χ3v) is 6.01. The molecule has 7 nitrogen and oxygen atoms in total. The summed E-state index contributed by atoms with van der Waals surface area (Å²) in [5, 5.41) is 2.98. The third kappa shape index (κ3) is 5.10. The highest BCUT2D eigenvalue weighted by atomic mass is 19.1. The van der Waals surface area contributed by atoms with Crippen molar-refractivity contribution in [1.82, 2.24) is 26.0 Å². The number of carbonyl (C=O) groups excluding carboxylic acids is 2. The molecule has 2 aromatic carbocycles. The molecule has 2 heterocycles. The van der Waals surface area contributed by atoms with Gasteiger partial charge in [0.2, 0.25) is 5.91 Å². The lowest BCUT2D eigenvalue weighted by atomic mass is 9.94. The van der Waals surface area contributed by atoms with Crippen molar-refractivity contribution in [3.63, 3.8) is 0 Å². The molecule has 2 aliphatic heterocycles. The first-order valence-electron chi connectivity index (χ1n) is 10.6. The third-order valence-electron chi connectivity index (χ3n) is 6.01. The van der Waals surface area contributed by atoms with Crippen molar-refractivity contribution >= 4 is 11.8 Å². The van der Waals surface area contributed by atoms with E-state index >= 15 is 0 Å². The molecule has 2 aliphatic rings. The molecule has 0 aliphatic carbocycles. The van der Waals surface area contributed by atoms with Gasteiger partial charge in [0.1, 0.15) is 5.82 Å². The predicted octanol–water partition coefficient (Wildman–Crippen LogP) is 1.29. The minimum atomic E-state index is -0.302. The average molecular weight is 426 g/mol. The highest BCUT2D eigenvalue weighted by molar-refractivity contribution is 5.94. The summed E-state index contributed by atoms with van der Waals surface area (Å²) < 4.78 is 13.2. The molecule has 164 valence electrons. The van der Waals surface area contributed by atoms with E-state index in [0.29, 0.717) is 18.7 Å². The number of hydrazine groups is 1. The fraction of sp³-hybridized carbons (Fsp3) is 0.391. The first-order valence-corrected chi connectivity index (χ1v) is 10.6. The summed E-state index contributed by atoms with van der Waals surface area (Å²) in [6.07, 6.45) is 0. The van der Waals surface area contributed by atoms with Gasteiger partial charge in [-0.2, -0.15) is 0 Å². The molecule has 2 fully saturated rings.